The first kappa shape index (κ1) is 36.8. The first-order valence-electron chi connectivity index (χ1n) is 16.6. The van der Waals surface area contributed by atoms with Crippen molar-refractivity contribution < 1.29 is 68.0 Å². The van der Waals surface area contributed by atoms with E-state index in [2.05, 4.69) is 9.64 Å². The number of fused-ring (bicyclic) bond motifs is 3. The highest BCUT2D eigenvalue weighted by molar-refractivity contribution is 6.31. The van der Waals surface area contributed by atoms with Gasteiger partial charge in [0, 0.05) is 75.4 Å². The predicted molar refractivity (Wildman–Crippen MR) is 176 cm³/mol. The summed E-state index contributed by atoms with van der Waals surface area (Å²) in [6.07, 6.45) is -3.91. The van der Waals surface area contributed by atoms with Crippen LogP contribution in [0.4, 0.5) is 0 Å². The van der Waals surface area contributed by atoms with Crippen molar-refractivity contribution >= 4 is 17.5 Å². The van der Waals surface area contributed by atoms with Gasteiger partial charge in [-0.1, -0.05) is 12.1 Å². The van der Waals surface area contributed by atoms with E-state index in [0.717, 1.165) is 19.3 Å². The lowest BCUT2D eigenvalue weighted by atomic mass is 9.71. The molecule has 0 saturated carbocycles. The number of aliphatic hydroxyl groups is 2. The van der Waals surface area contributed by atoms with Crippen molar-refractivity contribution in [2.45, 2.75) is 74.8 Å². The van der Waals surface area contributed by atoms with Gasteiger partial charge in [0.2, 0.25) is 5.78 Å². The summed E-state index contributed by atoms with van der Waals surface area (Å²) in [6.45, 7) is 3.28. The Morgan fingerprint density at radius 3 is 2.47 bits per heavy atom. The quantitative estimate of drug-likeness (QED) is 0.141. The van der Waals surface area contributed by atoms with Crippen LogP contribution in [-0.4, -0.2) is 134 Å². The molecule has 0 spiro atoms. The number of aromatic hydroxyl groups is 2. The van der Waals surface area contributed by atoms with E-state index in [0.29, 0.717) is 19.7 Å². The maximum absolute atomic E-state index is 14.0. The molecule has 0 amide bonds. The molecule has 2 heterocycles. The number of esters is 1. The number of ether oxygens (including phenoxy) is 7. The summed E-state index contributed by atoms with van der Waals surface area (Å²) in [7, 11) is 5.65. The molecule has 51 heavy (non-hydrogen) atoms. The van der Waals surface area contributed by atoms with Gasteiger partial charge in [-0.15, -0.1) is 0 Å². The van der Waals surface area contributed by atoms with Gasteiger partial charge in [-0.25, -0.2) is 4.79 Å². The van der Waals surface area contributed by atoms with Crippen LogP contribution in [0.25, 0.3) is 0 Å². The van der Waals surface area contributed by atoms with Gasteiger partial charge >= 0.3 is 5.97 Å². The summed E-state index contributed by atoms with van der Waals surface area (Å²) in [5.41, 5.74) is -3.27. The number of aliphatic hydroxyl groups excluding tert-OH is 1. The van der Waals surface area contributed by atoms with Crippen LogP contribution in [-0.2, 0) is 39.6 Å². The zero-order valence-electron chi connectivity index (χ0n) is 29.0. The molecule has 2 aromatic carbocycles. The number of hydrogen-bond donors (Lipinski definition) is 4. The largest absolute Gasteiger partial charge is 0.507 e. The zero-order chi connectivity index (χ0) is 36.8. The van der Waals surface area contributed by atoms with Gasteiger partial charge in [-0.3, -0.25) is 14.5 Å². The number of nitrogens with zero attached hydrogens (tertiary/aromatic N) is 1. The lowest BCUT2D eigenvalue weighted by Crippen LogP contribution is -2.60. The highest BCUT2D eigenvalue weighted by atomic mass is 16.7. The average Bonchev–Trinajstić information content (AvgIpc) is 3.13. The molecule has 15 nitrogen and oxygen atoms in total. The monoisotopic (exact) mass is 713 g/mol. The topological polar surface area (TPSA) is 200 Å². The van der Waals surface area contributed by atoms with E-state index in [9.17, 15) is 34.8 Å². The van der Waals surface area contributed by atoms with Gasteiger partial charge in [-0.2, -0.15) is 0 Å². The molecule has 15 heteroatoms. The fourth-order valence-corrected chi connectivity index (χ4v) is 7.78. The van der Waals surface area contributed by atoms with Crippen LogP contribution in [0, 0.1) is 0 Å². The Hall–Kier alpha value is -3.93. The molecule has 0 radical (unpaired) electrons. The van der Waals surface area contributed by atoms with E-state index >= 15 is 0 Å². The summed E-state index contributed by atoms with van der Waals surface area (Å²) >= 11 is 0. The van der Waals surface area contributed by atoms with Crippen molar-refractivity contribution in [2.75, 3.05) is 48.1 Å². The van der Waals surface area contributed by atoms with Gasteiger partial charge in [0.15, 0.2) is 18.4 Å². The van der Waals surface area contributed by atoms with Crippen molar-refractivity contribution in [3.05, 3.63) is 63.7 Å². The number of morpholine rings is 1. The van der Waals surface area contributed by atoms with Crippen LogP contribution < -0.4 is 4.74 Å². The molecule has 2 aliphatic heterocycles. The minimum Gasteiger partial charge on any atom is -0.507 e. The lowest BCUT2D eigenvalue weighted by Gasteiger charge is -2.48. The molecule has 2 aliphatic carbocycles. The molecule has 276 valence electrons. The van der Waals surface area contributed by atoms with Crippen LogP contribution in [0.1, 0.15) is 68.8 Å². The Morgan fingerprint density at radius 1 is 1.04 bits per heavy atom. The molecule has 6 rings (SSSR count). The molecule has 4 aliphatic rings. The molecule has 2 fully saturated rings. The Kier molecular flexibility index (Phi) is 10.5. The molecule has 8 atom stereocenters. The van der Waals surface area contributed by atoms with Crippen molar-refractivity contribution in [3.8, 4) is 17.2 Å². The molecule has 4 N–H and O–H groups in total. The number of carbonyl (C=O) groups is 3. The first-order chi connectivity index (χ1) is 24.4. The normalized spacial score (nSPS) is 30.0. The average molecular weight is 714 g/mol. The second-order valence-electron chi connectivity index (χ2n) is 13.1. The van der Waals surface area contributed by atoms with Crippen LogP contribution in [0.2, 0.25) is 0 Å². The van der Waals surface area contributed by atoms with E-state index in [1.54, 1.807) is 14.2 Å². The Balaban J connectivity index is 1.44. The fraction of sp³-hybridized carbons (Fsp3) is 0.528. The molecule has 2 saturated heterocycles. The maximum atomic E-state index is 14.0. The maximum Gasteiger partial charge on any atom is 0.330 e. The van der Waals surface area contributed by atoms with Crippen LogP contribution in [0.3, 0.4) is 0 Å². The number of hydrogen-bond acceptors (Lipinski definition) is 15. The number of benzene rings is 2. The molecule has 2 aromatic rings. The summed E-state index contributed by atoms with van der Waals surface area (Å²) in [5.74, 6) is -3.45. The zero-order valence-corrected chi connectivity index (χ0v) is 29.0. The van der Waals surface area contributed by atoms with E-state index < -0.39 is 83.1 Å². The predicted octanol–water partition coefficient (Wildman–Crippen LogP) is 1.53. The number of phenols is 2. The third kappa shape index (κ3) is 6.53. The van der Waals surface area contributed by atoms with Crippen molar-refractivity contribution in [3.63, 3.8) is 0 Å². The highest BCUT2D eigenvalue weighted by Crippen LogP contribution is 2.53. The third-order valence-electron chi connectivity index (χ3n) is 10.3. The standard InChI is InChI=1S/C36H43NO14/c1-17-35(48-5)20(37-11-12-49-26(16-37)47-4)13-25(50-17)51-22-15-36(44,23(38)9-10-24(39)46-3)14-19-28(22)34(43)30-29(32(19)41)31(40)18-7-6-8-21(45-2)27(18)33(30)42/h6-10,17,20,22-23,25-26,35,38,41,43-44H,11-16H2,1-5H3/b10-9+/t17-,20-,22-,23?,25-,26-,35+,36-/m0/s1. The van der Waals surface area contributed by atoms with E-state index in [1.807, 2.05) is 6.92 Å². The first-order valence-corrected chi connectivity index (χ1v) is 16.6. The van der Waals surface area contributed by atoms with E-state index in [-0.39, 0.29) is 53.0 Å². The molecular formula is C36H43NO14. The molecular weight excluding hydrogens is 670 g/mol. The summed E-state index contributed by atoms with van der Waals surface area (Å²) in [5, 5.41) is 46.9. The van der Waals surface area contributed by atoms with Crippen molar-refractivity contribution in [2.24, 2.45) is 0 Å². The lowest BCUT2D eigenvalue weighted by molar-refractivity contribution is -0.271. The van der Waals surface area contributed by atoms with Gasteiger partial charge in [0.25, 0.3) is 0 Å². The second-order valence-corrected chi connectivity index (χ2v) is 13.1. The van der Waals surface area contributed by atoms with Crippen molar-refractivity contribution in [1.82, 2.24) is 4.90 Å². The number of phenolic OH excluding ortho intramolecular Hbond substituents is 2. The number of ketones is 2. The molecule has 0 bridgehead atoms. The van der Waals surface area contributed by atoms with E-state index in [1.165, 1.54) is 25.3 Å². The Bertz CT molecular complexity index is 1730. The highest BCUT2D eigenvalue weighted by Gasteiger charge is 2.50. The van der Waals surface area contributed by atoms with Gasteiger partial charge in [0.05, 0.1) is 55.8 Å². The summed E-state index contributed by atoms with van der Waals surface area (Å²) < 4.78 is 39.8. The second kappa shape index (κ2) is 14.6. The Morgan fingerprint density at radius 2 is 1.78 bits per heavy atom. The third-order valence-corrected chi connectivity index (χ3v) is 10.3. The summed E-state index contributed by atoms with van der Waals surface area (Å²) in [6, 6.07) is 4.20. The van der Waals surface area contributed by atoms with Crippen LogP contribution in [0.15, 0.2) is 30.4 Å². The SMILES string of the molecule is COC(=O)/C=C/C(O)[C@]1(O)Cc2c(O)c3c(c(O)c2[C@@H](O[C@H]2C[C@H](N4CCO[C@H](OC)C4)[C@H](OC)[C@H](C)O2)C1)C(=O)c1c(OC)cccc1C3=O. The van der Waals surface area contributed by atoms with Gasteiger partial charge < -0.3 is 53.6 Å². The van der Waals surface area contributed by atoms with Crippen molar-refractivity contribution in [1.29, 1.82) is 0 Å². The van der Waals surface area contributed by atoms with Gasteiger partial charge in [0.1, 0.15) is 29.0 Å². The molecule has 0 aromatic heterocycles. The van der Waals surface area contributed by atoms with Crippen LogP contribution in [0.5, 0.6) is 17.2 Å². The number of methoxy groups -OCH3 is 4. The Labute approximate surface area is 294 Å². The fourth-order valence-electron chi connectivity index (χ4n) is 7.78. The van der Waals surface area contributed by atoms with Gasteiger partial charge in [-0.05, 0) is 19.1 Å². The number of carbonyl (C=O) groups excluding carboxylic acids is 3. The molecule has 1 unspecified atom stereocenters. The number of rotatable bonds is 9. The smallest absolute Gasteiger partial charge is 0.330 e. The van der Waals surface area contributed by atoms with Crippen LogP contribution >= 0.6 is 0 Å². The summed E-state index contributed by atoms with van der Waals surface area (Å²) in [4.78, 5) is 41.9. The minimum absolute atomic E-state index is 0.0384. The van der Waals surface area contributed by atoms with E-state index in [4.69, 9.17) is 28.4 Å². The minimum atomic E-state index is -2.10.